The summed E-state index contributed by atoms with van der Waals surface area (Å²) in [6, 6.07) is 7.53. The Morgan fingerprint density at radius 1 is 1.03 bits per heavy atom. The molecule has 2 aliphatic rings. The molecule has 0 spiro atoms. The molecule has 30 heavy (non-hydrogen) atoms. The van der Waals surface area contributed by atoms with Gasteiger partial charge in [0.2, 0.25) is 0 Å². The summed E-state index contributed by atoms with van der Waals surface area (Å²) in [5, 5.41) is 0. The van der Waals surface area contributed by atoms with E-state index in [1.807, 2.05) is 28.8 Å². The molecule has 6 nitrogen and oxygen atoms in total. The Morgan fingerprint density at radius 3 is 2.50 bits per heavy atom. The Labute approximate surface area is 172 Å². The SMILES string of the molecule is FC(F)(F)c1cc(N(C2CC2)C2CCN(Cc3cn4ccccc4n3)CC2)ncn1. The van der Waals surface area contributed by atoms with Crippen LogP contribution in [0, 0.1) is 0 Å². The zero-order valence-electron chi connectivity index (χ0n) is 16.5. The van der Waals surface area contributed by atoms with Crippen molar-refractivity contribution in [3.8, 4) is 0 Å². The second-order valence-corrected chi connectivity index (χ2v) is 8.10. The van der Waals surface area contributed by atoms with Gasteiger partial charge < -0.3 is 9.30 Å². The molecule has 1 saturated heterocycles. The molecule has 0 unspecified atom stereocenters. The van der Waals surface area contributed by atoms with E-state index in [4.69, 9.17) is 0 Å². The molecule has 9 heteroatoms. The van der Waals surface area contributed by atoms with Crippen LogP contribution in [0.25, 0.3) is 5.65 Å². The van der Waals surface area contributed by atoms with Gasteiger partial charge in [-0.3, -0.25) is 4.90 Å². The van der Waals surface area contributed by atoms with Gasteiger partial charge in [-0.25, -0.2) is 15.0 Å². The number of piperidine rings is 1. The zero-order valence-corrected chi connectivity index (χ0v) is 16.5. The summed E-state index contributed by atoms with van der Waals surface area (Å²) in [5.41, 5.74) is 1.10. The van der Waals surface area contributed by atoms with Gasteiger partial charge in [-0.15, -0.1) is 0 Å². The Bertz CT molecular complexity index is 988. The van der Waals surface area contributed by atoms with Gasteiger partial charge in [-0.1, -0.05) is 6.07 Å². The van der Waals surface area contributed by atoms with Crippen molar-refractivity contribution in [2.45, 2.75) is 50.5 Å². The van der Waals surface area contributed by atoms with Crippen molar-refractivity contribution in [1.82, 2.24) is 24.3 Å². The molecule has 1 aliphatic heterocycles. The summed E-state index contributed by atoms with van der Waals surface area (Å²) in [6.07, 6.45) is 4.43. The highest BCUT2D eigenvalue weighted by Gasteiger charge is 2.39. The first-order chi connectivity index (χ1) is 14.5. The van der Waals surface area contributed by atoms with Crippen LogP contribution < -0.4 is 4.90 Å². The number of nitrogens with zero attached hydrogens (tertiary/aromatic N) is 6. The fourth-order valence-corrected chi connectivity index (χ4v) is 4.32. The molecule has 158 valence electrons. The van der Waals surface area contributed by atoms with E-state index in [0.717, 1.165) is 69.1 Å². The zero-order chi connectivity index (χ0) is 20.7. The fourth-order valence-electron chi connectivity index (χ4n) is 4.32. The number of likely N-dealkylation sites (tertiary alicyclic amines) is 1. The van der Waals surface area contributed by atoms with Gasteiger partial charge in [-0.2, -0.15) is 13.2 Å². The lowest BCUT2D eigenvalue weighted by atomic mass is 10.0. The van der Waals surface area contributed by atoms with Crippen molar-refractivity contribution in [1.29, 1.82) is 0 Å². The summed E-state index contributed by atoms with van der Waals surface area (Å²) < 4.78 is 41.3. The number of imidazole rings is 1. The van der Waals surface area contributed by atoms with Gasteiger partial charge in [0.25, 0.3) is 0 Å². The maximum Gasteiger partial charge on any atom is 0.433 e. The summed E-state index contributed by atoms with van der Waals surface area (Å²) in [4.78, 5) is 16.7. The van der Waals surface area contributed by atoms with Gasteiger partial charge in [0, 0.05) is 50.2 Å². The number of fused-ring (bicyclic) bond motifs is 1. The van der Waals surface area contributed by atoms with E-state index in [1.54, 1.807) is 0 Å². The predicted octanol–water partition coefficient (Wildman–Crippen LogP) is 3.78. The average Bonchev–Trinajstić information content (AvgIpc) is 3.47. The highest BCUT2D eigenvalue weighted by molar-refractivity contribution is 5.44. The molecule has 0 radical (unpaired) electrons. The molecular formula is C21H23F3N6. The van der Waals surface area contributed by atoms with E-state index < -0.39 is 11.9 Å². The first-order valence-electron chi connectivity index (χ1n) is 10.3. The van der Waals surface area contributed by atoms with Crippen LogP contribution in [0.5, 0.6) is 0 Å². The van der Waals surface area contributed by atoms with Crippen LogP contribution in [-0.4, -0.2) is 49.4 Å². The highest BCUT2D eigenvalue weighted by atomic mass is 19.4. The van der Waals surface area contributed by atoms with Crippen LogP contribution in [0.2, 0.25) is 0 Å². The molecule has 0 bridgehead atoms. The predicted molar refractivity (Wildman–Crippen MR) is 106 cm³/mol. The molecule has 3 aromatic heterocycles. The lowest BCUT2D eigenvalue weighted by molar-refractivity contribution is -0.141. The molecule has 3 aromatic rings. The average molecular weight is 416 g/mol. The Kier molecular flexibility index (Phi) is 4.85. The van der Waals surface area contributed by atoms with Crippen molar-refractivity contribution >= 4 is 11.5 Å². The van der Waals surface area contributed by atoms with E-state index in [-0.39, 0.29) is 12.1 Å². The summed E-state index contributed by atoms with van der Waals surface area (Å²) in [7, 11) is 0. The first-order valence-corrected chi connectivity index (χ1v) is 10.3. The van der Waals surface area contributed by atoms with Gasteiger partial charge in [0.1, 0.15) is 23.5 Å². The quantitative estimate of drug-likeness (QED) is 0.634. The van der Waals surface area contributed by atoms with Crippen molar-refractivity contribution in [3.05, 3.63) is 54.4 Å². The van der Waals surface area contributed by atoms with Crippen LogP contribution >= 0.6 is 0 Å². The molecule has 0 amide bonds. The number of hydrogen-bond donors (Lipinski definition) is 0. The smallest absolute Gasteiger partial charge is 0.350 e. The maximum atomic E-state index is 13.1. The monoisotopic (exact) mass is 416 g/mol. The molecular weight excluding hydrogens is 393 g/mol. The molecule has 2 fully saturated rings. The number of aromatic nitrogens is 4. The molecule has 0 aromatic carbocycles. The topological polar surface area (TPSA) is 49.6 Å². The Balaban J connectivity index is 1.26. The van der Waals surface area contributed by atoms with Crippen LogP contribution in [0.15, 0.2) is 43.0 Å². The molecule has 4 heterocycles. The standard InChI is InChI=1S/C21H23F3N6/c22-21(23,24)18-11-20(26-14-25-18)30(16-4-5-16)17-6-9-28(10-7-17)12-15-13-29-8-2-1-3-19(29)27-15/h1-3,8,11,13-14,16-17H,4-7,9-10,12H2. The molecule has 0 atom stereocenters. The molecule has 5 rings (SSSR count). The second kappa shape index (κ2) is 7.54. The van der Waals surface area contributed by atoms with Crippen LogP contribution in [-0.2, 0) is 12.7 Å². The van der Waals surface area contributed by atoms with Crippen molar-refractivity contribution in [2.75, 3.05) is 18.0 Å². The van der Waals surface area contributed by atoms with Gasteiger partial charge in [0.05, 0.1) is 5.69 Å². The number of pyridine rings is 1. The third kappa shape index (κ3) is 3.98. The minimum absolute atomic E-state index is 0.200. The van der Waals surface area contributed by atoms with E-state index >= 15 is 0 Å². The van der Waals surface area contributed by atoms with Gasteiger partial charge in [-0.05, 0) is 37.8 Å². The largest absolute Gasteiger partial charge is 0.433 e. The number of rotatable bonds is 5. The van der Waals surface area contributed by atoms with Gasteiger partial charge in [0.15, 0.2) is 0 Å². The lowest BCUT2D eigenvalue weighted by Crippen LogP contribution is -2.46. The Morgan fingerprint density at radius 2 is 1.80 bits per heavy atom. The van der Waals surface area contributed by atoms with Crippen molar-refractivity contribution in [2.24, 2.45) is 0 Å². The maximum absolute atomic E-state index is 13.1. The third-order valence-corrected chi connectivity index (χ3v) is 5.90. The second-order valence-electron chi connectivity index (χ2n) is 8.10. The van der Waals surface area contributed by atoms with E-state index in [1.165, 1.54) is 0 Å². The number of anilines is 1. The van der Waals surface area contributed by atoms with Crippen LogP contribution in [0.4, 0.5) is 19.0 Å². The summed E-state index contributed by atoms with van der Waals surface area (Å²) in [6.45, 7) is 2.56. The summed E-state index contributed by atoms with van der Waals surface area (Å²) >= 11 is 0. The number of alkyl halides is 3. The normalized spacial score (nSPS) is 18.8. The number of hydrogen-bond acceptors (Lipinski definition) is 5. The summed E-state index contributed by atoms with van der Waals surface area (Å²) in [5.74, 6) is 0.402. The van der Waals surface area contributed by atoms with Crippen LogP contribution in [0.1, 0.15) is 37.1 Å². The fraction of sp³-hybridized carbons (Fsp3) is 0.476. The molecule has 0 N–H and O–H groups in total. The Hall–Kier alpha value is -2.68. The molecule has 1 saturated carbocycles. The lowest BCUT2D eigenvalue weighted by Gasteiger charge is -2.39. The van der Waals surface area contributed by atoms with Crippen LogP contribution in [0.3, 0.4) is 0 Å². The minimum atomic E-state index is -4.45. The van der Waals surface area contributed by atoms with Crippen molar-refractivity contribution < 1.29 is 13.2 Å². The highest BCUT2D eigenvalue weighted by Crippen LogP contribution is 2.37. The van der Waals surface area contributed by atoms with E-state index in [9.17, 15) is 13.2 Å². The van der Waals surface area contributed by atoms with E-state index in [0.29, 0.717) is 5.82 Å². The molecule has 1 aliphatic carbocycles. The first kappa shape index (κ1) is 19.3. The number of halogens is 3. The minimum Gasteiger partial charge on any atom is -0.350 e. The third-order valence-electron chi connectivity index (χ3n) is 5.90. The van der Waals surface area contributed by atoms with Crippen molar-refractivity contribution in [3.63, 3.8) is 0 Å². The van der Waals surface area contributed by atoms with Gasteiger partial charge >= 0.3 is 6.18 Å². The van der Waals surface area contributed by atoms with E-state index in [2.05, 4.69) is 30.9 Å².